The van der Waals surface area contributed by atoms with Gasteiger partial charge in [0.05, 0.1) is 11.3 Å². The second-order valence-electron chi connectivity index (χ2n) is 3.74. The number of para-hydroxylation sites is 1. The van der Waals surface area contributed by atoms with Crippen LogP contribution in [0.25, 0.3) is 0 Å². The van der Waals surface area contributed by atoms with E-state index in [2.05, 4.69) is 6.07 Å². The maximum absolute atomic E-state index is 8.90. The van der Waals surface area contributed by atoms with Crippen molar-refractivity contribution in [1.29, 1.82) is 5.26 Å². The number of thioether (sulfide) groups is 1. The lowest BCUT2D eigenvalue weighted by Gasteiger charge is -2.06. The predicted octanol–water partition coefficient (Wildman–Crippen LogP) is 4.09. The van der Waals surface area contributed by atoms with Crippen LogP contribution in [0.15, 0.2) is 47.4 Å². The van der Waals surface area contributed by atoms with Gasteiger partial charge >= 0.3 is 0 Å². The molecule has 0 aliphatic carbocycles. The summed E-state index contributed by atoms with van der Waals surface area (Å²) in [6, 6.07) is 15.3. The molecule has 2 aromatic carbocycles. The van der Waals surface area contributed by atoms with Crippen LogP contribution in [0.1, 0.15) is 11.1 Å². The fourth-order valence-electron chi connectivity index (χ4n) is 1.51. The lowest BCUT2D eigenvalue weighted by molar-refractivity contribution is 1.37. The SMILES string of the molecule is N#Cc1cccc(SCc2ccc(Cl)cc2)c1N. The summed E-state index contributed by atoms with van der Waals surface area (Å²) in [5, 5.41) is 9.64. The van der Waals surface area contributed by atoms with Crippen LogP contribution >= 0.6 is 23.4 Å². The van der Waals surface area contributed by atoms with Crippen LogP contribution in [0.5, 0.6) is 0 Å². The van der Waals surface area contributed by atoms with Crippen LogP contribution in [-0.4, -0.2) is 0 Å². The zero-order valence-corrected chi connectivity index (χ0v) is 11.1. The topological polar surface area (TPSA) is 49.8 Å². The maximum Gasteiger partial charge on any atom is 0.101 e. The third kappa shape index (κ3) is 2.98. The highest BCUT2D eigenvalue weighted by Crippen LogP contribution is 2.30. The number of hydrogen-bond donors (Lipinski definition) is 1. The van der Waals surface area contributed by atoms with Gasteiger partial charge in [-0.05, 0) is 29.8 Å². The summed E-state index contributed by atoms with van der Waals surface area (Å²) >= 11 is 7.45. The van der Waals surface area contributed by atoms with Crippen molar-refractivity contribution in [1.82, 2.24) is 0 Å². The van der Waals surface area contributed by atoms with E-state index in [-0.39, 0.29) is 0 Å². The molecule has 0 aromatic heterocycles. The van der Waals surface area contributed by atoms with Gasteiger partial charge in [0.25, 0.3) is 0 Å². The molecule has 0 atom stereocenters. The van der Waals surface area contributed by atoms with Crippen LogP contribution in [0.3, 0.4) is 0 Å². The Kier molecular flexibility index (Phi) is 4.14. The Morgan fingerprint density at radius 1 is 1.17 bits per heavy atom. The summed E-state index contributed by atoms with van der Waals surface area (Å²) in [6.07, 6.45) is 0. The van der Waals surface area contributed by atoms with Gasteiger partial charge in [0.2, 0.25) is 0 Å². The Morgan fingerprint density at radius 2 is 1.89 bits per heavy atom. The Labute approximate surface area is 115 Å². The first-order chi connectivity index (χ1) is 8.70. The van der Waals surface area contributed by atoms with Gasteiger partial charge in [-0.15, -0.1) is 11.8 Å². The third-order valence-electron chi connectivity index (χ3n) is 2.49. The van der Waals surface area contributed by atoms with Crippen LogP contribution < -0.4 is 5.73 Å². The summed E-state index contributed by atoms with van der Waals surface area (Å²) in [4.78, 5) is 0.934. The zero-order chi connectivity index (χ0) is 13.0. The number of nitrogen functional groups attached to an aromatic ring is 1. The Morgan fingerprint density at radius 3 is 2.56 bits per heavy atom. The first-order valence-electron chi connectivity index (χ1n) is 5.36. The highest BCUT2D eigenvalue weighted by molar-refractivity contribution is 7.98. The normalized spacial score (nSPS) is 10.0. The van der Waals surface area contributed by atoms with E-state index in [0.29, 0.717) is 11.3 Å². The molecule has 0 spiro atoms. The Bertz CT molecular complexity index is 588. The summed E-state index contributed by atoms with van der Waals surface area (Å²) in [6.45, 7) is 0. The van der Waals surface area contributed by atoms with Crippen molar-refractivity contribution in [2.75, 3.05) is 5.73 Å². The minimum atomic E-state index is 0.524. The fourth-order valence-corrected chi connectivity index (χ4v) is 2.59. The number of anilines is 1. The average Bonchev–Trinajstić information content (AvgIpc) is 2.39. The molecule has 2 rings (SSSR count). The smallest absolute Gasteiger partial charge is 0.101 e. The van der Waals surface area contributed by atoms with Gasteiger partial charge in [-0.2, -0.15) is 5.26 Å². The number of nitrogens with zero attached hydrogens (tertiary/aromatic N) is 1. The molecule has 2 nitrogen and oxygen atoms in total. The predicted molar refractivity (Wildman–Crippen MR) is 76.6 cm³/mol. The fraction of sp³-hybridized carbons (Fsp3) is 0.0714. The van der Waals surface area contributed by atoms with Gasteiger partial charge in [0.15, 0.2) is 0 Å². The Balaban J connectivity index is 2.11. The summed E-state index contributed by atoms with van der Waals surface area (Å²) in [5.41, 5.74) is 8.17. The second kappa shape index (κ2) is 5.81. The van der Waals surface area contributed by atoms with E-state index in [1.165, 1.54) is 5.56 Å². The van der Waals surface area contributed by atoms with Crippen molar-refractivity contribution >= 4 is 29.1 Å². The van der Waals surface area contributed by atoms with Crippen molar-refractivity contribution in [3.63, 3.8) is 0 Å². The van der Waals surface area contributed by atoms with Crippen LogP contribution in [0, 0.1) is 11.3 Å². The second-order valence-corrected chi connectivity index (χ2v) is 5.20. The van der Waals surface area contributed by atoms with Crippen LogP contribution in [0.4, 0.5) is 5.69 Å². The molecule has 0 heterocycles. The Hall–Kier alpha value is -1.63. The zero-order valence-electron chi connectivity index (χ0n) is 9.56. The highest BCUT2D eigenvalue weighted by atomic mass is 35.5. The molecule has 0 amide bonds. The molecule has 0 saturated heterocycles. The van der Waals surface area contributed by atoms with Gasteiger partial charge in [0, 0.05) is 15.7 Å². The van der Waals surface area contributed by atoms with Crippen molar-refractivity contribution < 1.29 is 0 Å². The van der Waals surface area contributed by atoms with E-state index in [0.717, 1.165) is 15.7 Å². The van der Waals surface area contributed by atoms with Crippen LogP contribution in [0.2, 0.25) is 5.02 Å². The van der Waals surface area contributed by atoms with E-state index in [1.54, 1.807) is 17.8 Å². The number of rotatable bonds is 3. The molecule has 0 radical (unpaired) electrons. The van der Waals surface area contributed by atoms with Gasteiger partial charge in [-0.25, -0.2) is 0 Å². The quantitative estimate of drug-likeness (QED) is 0.677. The third-order valence-corrected chi connectivity index (χ3v) is 3.89. The lowest BCUT2D eigenvalue weighted by atomic mass is 10.2. The van der Waals surface area contributed by atoms with E-state index in [9.17, 15) is 0 Å². The number of nitrogens with two attached hydrogens (primary N) is 1. The molecule has 18 heavy (non-hydrogen) atoms. The lowest BCUT2D eigenvalue weighted by Crippen LogP contribution is -1.93. The van der Waals surface area contributed by atoms with Gasteiger partial charge in [0.1, 0.15) is 6.07 Å². The van der Waals surface area contributed by atoms with E-state index in [1.807, 2.05) is 36.4 Å². The molecule has 0 unspecified atom stereocenters. The summed E-state index contributed by atoms with van der Waals surface area (Å²) < 4.78 is 0. The minimum Gasteiger partial charge on any atom is -0.397 e. The molecular weight excluding hydrogens is 264 g/mol. The summed E-state index contributed by atoms with van der Waals surface area (Å²) in [7, 11) is 0. The number of benzene rings is 2. The largest absolute Gasteiger partial charge is 0.397 e. The maximum atomic E-state index is 8.90. The van der Waals surface area contributed by atoms with E-state index in [4.69, 9.17) is 22.6 Å². The molecule has 0 saturated carbocycles. The average molecular weight is 275 g/mol. The molecule has 4 heteroatoms. The summed E-state index contributed by atoms with van der Waals surface area (Å²) in [5.74, 6) is 0.802. The standard InChI is InChI=1S/C14H11ClN2S/c15-12-6-4-10(5-7-12)9-18-13-3-1-2-11(8-16)14(13)17/h1-7H,9,17H2. The monoisotopic (exact) mass is 274 g/mol. The molecule has 0 bridgehead atoms. The van der Waals surface area contributed by atoms with Gasteiger partial charge in [-0.3, -0.25) is 0 Å². The molecule has 2 aromatic rings. The molecule has 0 aliphatic heterocycles. The number of nitriles is 1. The van der Waals surface area contributed by atoms with Gasteiger partial charge < -0.3 is 5.73 Å². The highest BCUT2D eigenvalue weighted by Gasteiger charge is 2.05. The minimum absolute atomic E-state index is 0.524. The van der Waals surface area contributed by atoms with Crippen molar-refractivity contribution in [3.8, 4) is 6.07 Å². The van der Waals surface area contributed by atoms with E-state index >= 15 is 0 Å². The molecule has 0 aliphatic rings. The number of hydrogen-bond acceptors (Lipinski definition) is 3. The van der Waals surface area contributed by atoms with Crippen molar-refractivity contribution in [2.24, 2.45) is 0 Å². The number of halogens is 1. The molecular formula is C14H11ClN2S. The molecule has 2 N–H and O–H groups in total. The van der Waals surface area contributed by atoms with Crippen molar-refractivity contribution in [3.05, 3.63) is 58.6 Å². The van der Waals surface area contributed by atoms with E-state index < -0.39 is 0 Å². The molecule has 0 fully saturated rings. The first-order valence-corrected chi connectivity index (χ1v) is 6.73. The van der Waals surface area contributed by atoms with Crippen LogP contribution in [-0.2, 0) is 5.75 Å². The van der Waals surface area contributed by atoms with Crippen molar-refractivity contribution in [2.45, 2.75) is 10.6 Å². The van der Waals surface area contributed by atoms with Gasteiger partial charge in [-0.1, -0.05) is 29.8 Å². The first kappa shape index (κ1) is 12.8. The molecule has 90 valence electrons.